The Bertz CT molecular complexity index is 1000. The zero-order chi connectivity index (χ0) is 22.9. The molecule has 0 bridgehead atoms. The largest absolute Gasteiger partial charge is 0.755 e. The first-order valence-electron chi connectivity index (χ1n) is 11.8. The lowest BCUT2D eigenvalue weighted by Gasteiger charge is -2.40. The summed E-state index contributed by atoms with van der Waals surface area (Å²) in [6.07, 6.45) is 3.47. The molecule has 6 nitrogen and oxygen atoms in total. The van der Waals surface area contributed by atoms with E-state index in [0.717, 1.165) is 62.3 Å². The van der Waals surface area contributed by atoms with Gasteiger partial charge in [-0.3, -0.25) is 0 Å². The summed E-state index contributed by atoms with van der Waals surface area (Å²) < 4.78 is 27.6. The number of hydroxylamine groups is 2. The number of fused-ring (bicyclic) bond motifs is 3. The minimum absolute atomic E-state index is 0.187. The van der Waals surface area contributed by atoms with Gasteiger partial charge >= 0.3 is 6.03 Å². The number of anilines is 2. The van der Waals surface area contributed by atoms with Crippen molar-refractivity contribution in [2.45, 2.75) is 37.6 Å². The van der Waals surface area contributed by atoms with Gasteiger partial charge in [0, 0.05) is 56.1 Å². The number of carbonyl (C=O) groups is 1. The molecule has 2 aromatic carbocycles. The van der Waals surface area contributed by atoms with E-state index in [1.165, 1.54) is 18.2 Å². The number of halogens is 2. The molecule has 2 fully saturated rings. The Hall–Kier alpha value is -2.71. The molecule has 0 radical (unpaired) electrons. The van der Waals surface area contributed by atoms with Crippen molar-refractivity contribution in [3.05, 3.63) is 64.9 Å². The molecule has 5 rings (SSSR count). The van der Waals surface area contributed by atoms with Crippen LogP contribution in [0, 0.1) is 16.8 Å². The lowest BCUT2D eigenvalue weighted by molar-refractivity contribution is 0.145. The van der Waals surface area contributed by atoms with Crippen molar-refractivity contribution in [2.75, 3.05) is 44.2 Å². The Balaban J connectivity index is 1.23. The molecule has 33 heavy (non-hydrogen) atoms. The SMILES string of the molecule is O=C1N([O-])CCCN1CCCCN1CCC2C(C1)c1cc(F)ccc1N2c1ccc(F)cc1. The number of urea groups is 1. The van der Waals surface area contributed by atoms with Crippen LogP contribution in [0.25, 0.3) is 0 Å². The van der Waals surface area contributed by atoms with Crippen molar-refractivity contribution in [1.82, 2.24) is 14.9 Å². The van der Waals surface area contributed by atoms with E-state index in [-0.39, 0.29) is 23.6 Å². The first-order chi connectivity index (χ1) is 16.0. The maximum atomic E-state index is 14.1. The molecule has 8 heteroatoms. The first-order valence-corrected chi connectivity index (χ1v) is 11.8. The molecule has 0 aromatic heterocycles. The predicted molar refractivity (Wildman–Crippen MR) is 123 cm³/mol. The topological polar surface area (TPSA) is 53.1 Å². The lowest BCUT2D eigenvalue weighted by atomic mass is 9.89. The summed E-state index contributed by atoms with van der Waals surface area (Å²) in [7, 11) is 0. The van der Waals surface area contributed by atoms with Gasteiger partial charge in [0.25, 0.3) is 0 Å². The average molecular weight is 456 g/mol. The van der Waals surface area contributed by atoms with Crippen LogP contribution >= 0.6 is 0 Å². The van der Waals surface area contributed by atoms with Crippen LogP contribution in [0.3, 0.4) is 0 Å². The van der Waals surface area contributed by atoms with Crippen molar-refractivity contribution in [3.8, 4) is 0 Å². The number of hydrogen-bond donors (Lipinski definition) is 0. The molecule has 2 saturated heterocycles. The average Bonchev–Trinajstić information content (AvgIpc) is 3.13. The van der Waals surface area contributed by atoms with Crippen LogP contribution in [-0.4, -0.2) is 66.2 Å². The van der Waals surface area contributed by atoms with E-state index in [0.29, 0.717) is 24.7 Å². The molecule has 3 aliphatic heterocycles. The van der Waals surface area contributed by atoms with Crippen LogP contribution in [0.2, 0.25) is 0 Å². The summed E-state index contributed by atoms with van der Waals surface area (Å²) in [6.45, 7) is 4.26. The van der Waals surface area contributed by atoms with Gasteiger partial charge in [0.05, 0.1) is 0 Å². The standard InChI is InChI=1S/C25H29F2N4O2/c26-18-4-7-20(8-5-18)31-23-9-6-19(27)16-21(23)22-17-28(15-10-24(22)31)11-1-2-12-29-13-3-14-30(33)25(29)32/h4-9,16,22,24H,1-3,10-15,17H2/q-1. The normalized spacial score (nSPS) is 23.1. The summed E-state index contributed by atoms with van der Waals surface area (Å²) >= 11 is 0. The number of amides is 2. The van der Waals surface area contributed by atoms with Gasteiger partial charge in [-0.25, -0.2) is 13.6 Å². The quantitative estimate of drug-likeness (QED) is 0.594. The number of likely N-dealkylation sites (tertiary alicyclic amines) is 1. The van der Waals surface area contributed by atoms with Crippen molar-refractivity contribution >= 4 is 17.4 Å². The number of benzene rings is 2. The van der Waals surface area contributed by atoms with Crippen LogP contribution in [0.15, 0.2) is 42.5 Å². The van der Waals surface area contributed by atoms with E-state index in [4.69, 9.17) is 0 Å². The smallest absolute Gasteiger partial charge is 0.309 e. The minimum Gasteiger partial charge on any atom is -0.755 e. The van der Waals surface area contributed by atoms with E-state index in [1.807, 2.05) is 6.07 Å². The van der Waals surface area contributed by atoms with E-state index >= 15 is 0 Å². The highest BCUT2D eigenvalue weighted by molar-refractivity contribution is 5.75. The molecule has 3 heterocycles. The molecule has 2 unspecified atom stereocenters. The predicted octanol–water partition coefficient (Wildman–Crippen LogP) is 4.68. The summed E-state index contributed by atoms with van der Waals surface area (Å²) in [6, 6.07) is 11.3. The van der Waals surface area contributed by atoms with E-state index in [9.17, 15) is 18.8 Å². The number of unbranched alkanes of at least 4 members (excludes halogenated alkanes) is 1. The van der Waals surface area contributed by atoms with Crippen molar-refractivity contribution < 1.29 is 13.6 Å². The third-order valence-corrected chi connectivity index (χ3v) is 7.17. The molecule has 2 aromatic rings. The lowest BCUT2D eigenvalue weighted by Crippen LogP contribution is -2.47. The monoisotopic (exact) mass is 455 g/mol. The Labute approximate surface area is 192 Å². The summed E-state index contributed by atoms with van der Waals surface area (Å²) in [5.74, 6) is -0.311. The van der Waals surface area contributed by atoms with Crippen LogP contribution in [0.1, 0.15) is 37.2 Å². The van der Waals surface area contributed by atoms with E-state index in [1.54, 1.807) is 23.1 Å². The maximum absolute atomic E-state index is 14.1. The molecule has 2 atom stereocenters. The maximum Gasteiger partial charge on any atom is 0.309 e. The van der Waals surface area contributed by atoms with E-state index in [2.05, 4.69) is 9.80 Å². The van der Waals surface area contributed by atoms with Gasteiger partial charge in [0.15, 0.2) is 0 Å². The molecule has 176 valence electrons. The number of nitrogens with zero attached hydrogens (tertiary/aromatic N) is 4. The van der Waals surface area contributed by atoms with Gasteiger partial charge in [-0.2, -0.15) is 0 Å². The second kappa shape index (κ2) is 9.27. The molecular formula is C25H29F2N4O2-. The summed E-state index contributed by atoms with van der Waals surface area (Å²) in [5, 5.41) is 12.1. The van der Waals surface area contributed by atoms with Gasteiger partial charge in [0.2, 0.25) is 0 Å². The van der Waals surface area contributed by atoms with Gasteiger partial charge in [-0.1, -0.05) is 0 Å². The Morgan fingerprint density at radius 2 is 1.70 bits per heavy atom. The van der Waals surface area contributed by atoms with Gasteiger partial charge in [-0.05, 0) is 80.3 Å². The van der Waals surface area contributed by atoms with Crippen LogP contribution in [-0.2, 0) is 0 Å². The summed E-state index contributed by atoms with van der Waals surface area (Å²) in [4.78, 5) is 18.2. The first kappa shape index (κ1) is 22.1. The fourth-order valence-corrected chi connectivity index (χ4v) is 5.58. The summed E-state index contributed by atoms with van der Waals surface area (Å²) in [5.41, 5.74) is 2.96. The molecule has 3 aliphatic rings. The second-order valence-corrected chi connectivity index (χ2v) is 9.25. The molecule has 0 aliphatic carbocycles. The number of carbonyl (C=O) groups excluding carboxylic acids is 1. The third kappa shape index (κ3) is 4.42. The highest BCUT2D eigenvalue weighted by Gasteiger charge is 2.42. The van der Waals surface area contributed by atoms with Crippen molar-refractivity contribution in [2.24, 2.45) is 0 Å². The number of hydrogen-bond acceptors (Lipinski definition) is 4. The Morgan fingerprint density at radius 1 is 0.939 bits per heavy atom. The number of rotatable bonds is 6. The van der Waals surface area contributed by atoms with Gasteiger partial charge in [-0.15, -0.1) is 0 Å². The number of piperidine rings is 1. The van der Waals surface area contributed by atoms with Crippen molar-refractivity contribution in [3.63, 3.8) is 0 Å². The zero-order valence-electron chi connectivity index (χ0n) is 18.6. The molecule has 0 saturated carbocycles. The van der Waals surface area contributed by atoms with E-state index < -0.39 is 6.03 Å². The highest BCUT2D eigenvalue weighted by atomic mass is 19.1. The second-order valence-electron chi connectivity index (χ2n) is 9.25. The van der Waals surface area contributed by atoms with Crippen LogP contribution < -0.4 is 4.90 Å². The fourth-order valence-electron chi connectivity index (χ4n) is 5.58. The highest BCUT2D eigenvalue weighted by Crippen LogP contribution is 2.48. The zero-order valence-corrected chi connectivity index (χ0v) is 18.6. The van der Waals surface area contributed by atoms with Gasteiger partial charge in [0.1, 0.15) is 11.6 Å². The van der Waals surface area contributed by atoms with Crippen LogP contribution in [0.5, 0.6) is 0 Å². The van der Waals surface area contributed by atoms with Crippen molar-refractivity contribution in [1.29, 1.82) is 0 Å². The molecular weight excluding hydrogens is 426 g/mol. The Kier molecular flexibility index (Phi) is 6.21. The van der Waals surface area contributed by atoms with Crippen LogP contribution in [0.4, 0.5) is 25.0 Å². The molecule has 0 N–H and O–H groups in total. The third-order valence-electron chi connectivity index (χ3n) is 7.17. The minimum atomic E-state index is -0.410. The molecule has 2 amide bonds. The van der Waals surface area contributed by atoms with Gasteiger partial charge < -0.3 is 25.0 Å². The fraction of sp³-hybridized carbons (Fsp3) is 0.480. The molecule has 0 spiro atoms. The Morgan fingerprint density at radius 3 is 2.52 bits per heavy atom.